The van der Waals surface area contributed by atoms with Gasteiger partial charge < -0.3 is 15.2 Å². The summed E-state index contributed by atoms with van der Waals surface area (Å²) in [6, 6.07) is 7.29. The van der Waals surface area contributed by atoms with Gasteiger partial charge in [-0.05, 0) is 24.6 Å². The van der Waals surface area contributed by atoms with Crippen LogP contribution in [-0.4, -0.2) is 27.4 Å². The molecule has 2 aromatic rings. The molecule has 1 aromatic carbocycles. The Labute approximate surface area is 129 Å². The number of rotatable bonds is 6. The van der Waals surface area contributed by atoms with Crippen LogP contribution in [0.5, 0.6) is 0 Å². The van der Waals surface area contributed by atoms with Gasteiger partial charge in [0.1, 0.15) is 0 Å². The van der Waals surface area contributed by atoms with Gasteiger partial charge in [-0.3, -0.25) is 9.59 Å². The van der Waals surface area contributed by atoms with Crippen molar-refractivity contribution in [1.82, 2.24) is 14.9 Å². The van der Waals surface area contributed by atoms with E-state index in [2.05, 4.69) is 15.6 Å². The highest BCUT2D eigenvalue weighted by atomic mass is 16.2. The predicted octanol–water partition coefficient (Wildman–Crippen LogP) is 1.59. The van der Waals surface area contributed by atoms with Crippen LogP contribution in [0.2, 0.25) is 0 Å². The quantitative estimate of drug-likeness (QED) is 0.850. The minimum atomic E-state index is -0.112. The molecule has 2 rings (SSSR count). The maximum Gasteiger partial charge on any atom is 0.224 e. The fourth-order valence-electron chi connectivity index (χ4n) is 2.18. The van der Waals surface area contributed by atoms with Crippen molar-refractivity contribution in [1.29, 1.82) is 0 Å². The van der Waals surface area contributed by atoms with E-state index in [-0.39, 0.29) is 17.9 Å². The van der Waals surface area contributed by atoms with Crippen LogP contribution in [0.3, 0.4) is 0 Å². The molecule has 0 radical (unpaired) electrons. The Balaban J connectivity index is 1.82. The number of aromatic nitrogens is 2. The van der Waals surface area contributed by atoms with Crippen LogP contribution >= 0.6 is 0 Å². The first-order valence-electron chi connectivity index (χ1n) is 7.14. The first kappa shape index (κ1) is 15.8. The molecule has 1 atom stereocenters. The number of carbonyl (C=O) groups is 2. The zero-order valence-corrected chi connectivity index (χ0v) is 12.7. The summed E-state index contributed by atoms with van der Waals surface area (Å²) >= 11 is 0. The Morgan fingerprint density at radius 2 is 2.00 bits per heavy atom. The van der Waals surface area contributed by atoms with Gasteiger partial charge >= 0.3 is 0 Å². The molecule has 2 N–H and O–H groups in total. The number of hydrogen-bond acceptors (Lipinski definition) is 3. The number of imidazole rings is 1. The number of nitrogens with zero attached hydrogens (tertiary/aromatic N) is 2. The van der Waals surface area contributed by atoms with E-state index in [0.29, 0.717) is 13.0 Å². The average molecular weight is 300 g/mol. The molecule has 0 aliphatic carbocycles. The predicted molar refractivity (Wildman–Crippen MR) is 84.3 cm³/mol. The van der Waals surface area contributed by atoms with Crippen LogP contribution in [0.1, 0.15) is 19.4 Å². The summed E-state index contributed by atoms with van der Waals surface area (Å²) in [5.74, 6) is -0.140. The van der Waals surface area contributed by atoms with Gasteiger partial charge in [0.25, 0.3) is 0 Å². The van der Waals surface area contributed by atoms with Gasteiger partial charge in [-0.2, -0.15) is 0 Å². The van der Waals surface area contributed by atoms with Gasteiger partial charge in [-0.25, -0.2) is 4.98 Å². The molecule has 2 amide bonds. The Morgan fingerprint density at radius 3 is 2.59 bits per heavy atom. The summed E-state index contributed by atoms with van der Waals surface area (Å²) < 4.78 is 1.92. The molecule has 0 bridgehead atoms. The Morgan fingerprint density at radius 1 is 1.27 bits per heavy atom. The van der Waals surface area contributed by atoms with Gasteiger partial charge in [0, 0.05) is 37.6 Å². The average Bonchev–Trinajstić information content (AvgIpc) is 2.93. The number of nitrogens with one attached hydrogen (secondary N) is 2. The van der Waals surface area contributed by atoms with E-state index in [4.69, 9.17) is 0 Å². The molecule has 0 aliphatic heterocycles. The normalized spacial score (nSPS) is 11.7. The minimum Gasteiger partial charge on any atom is -0.352 e. The minimum absolute atomic E-state index is 0.0279. The van der Waals surface area contributed by atoms with Gasteiger partial charge in [0.15, 0.2) is 0 Å². The van der Waals surface area contributed by atoms with E-state index in [1.54, 1.807) is 24.7 Å². The van der Waals surface area contributed by atoms with Crippen LogP contribution in [0.15, 0.2) is 43.0 Å². The van der Waals surface area contributed by atoms with Crippen LogP contribution in [0.4, 0.5) is 5.69 Å². The molecule has 116 valence electrons. The van der Waals surface area contributed by atoms with Gasteiger partial charge in [0.2, 0.25) is 11.8 Å². The number of amides is 2. The third-order valence-corrected chi connectivity index (χ3v) is 3.09. The summed E-state index contributed by atoms with van der Waals surface area (Å²) in [5, 5.41) is 5.65. The number of hydrogen-bond donors (Lipinski definition) is 2. The summed E-state index contributed by atoms with van der Waals surface area (Å²) in [4.78, 5) is 26.9. The van der Waals surface area contributed by atoms with E-state index in [9.17, 15) is 9.59 Å². The van der Waals surface area contributed by atoms with E-state index in [0.717, 1.165) is 11.3 Å². The largest absolute Gasteiger partial charge is 0.352 e. The molecule has 1 aromatic heterocycles. The second kappa shape index (κ2) is 7.40. The van der Waals surface area contributed by atoms with Crippen LogP contribution in [0.25, 0.3) is 0 Å². The molecule has 1 unspecified atom stereocenters. The Hall–Kier alpha value is -2.63. The SMILES string of the molecule is CC(=O)Nc1ccc(CC(=O)NC(C)Cn2ccnc2)cc1. The number of anilines is 1. The molecule has 0 saturated heterocycles. The fraction of sp³-hybridized carbons (Fsp3) is 0.312. The van der Waals surface area contributed by atoms with Crippen molar-refractivity contribution in [3.05, 3.63) is 48.5 Å². The zero-order valence-electron chi connectivity index (χ0n) is 12.7. The highest BCUT2D eigenvalue weighted by Gasteiger charge is 2.09. The van der Waals surface area contributed by atoms with Crippen molar-refractivity contribution < 1.29 is 9.59 Å². The van der Waals surface area contributed by atoms with Crippen molar-refractivity contribution in [2.24, 2.45) is 0 Å². The molecule has 0 aliphatic rings. The molecule has 22 heavy (non-hydrogen) atoms. The molecular formula is C16H20N4O2. The standard InChI is InChI=1S/C16H20N4O2/c1-12(10-20-8-7-17-11-20)18-16(22)9-14-3-5-15(6-4-14)19-13(2)21/h3-8,11-12H,9-10H2,1-2H3,(H,18,22)(H,19,21). The van der Waals surface area contributed by atoms with Crippen LogP contribution in [0, 0.1) is 0 Å². The van der Waals surface area contributed by atoms with Crippen molar-refractivity contribution >= 4 is 17.5 Å². The first-order chi connectivity index (χ1) is 10.5. The summed E-state index contributed by atoms with van der Waals surface area (Å²) in [5.41, 5.74) is 1.63. The lowest BCUT2D eigenvalue weighted by Gasteiger charge is -2.14. The molecular weight excluding hydrogens is 280 g/mol. The monoisotopic (exact) mass is 300 g/mol. The summed E-state index contributed by atoms with van der Waals surface area (Å²) in [7, 11) is 0. The van der Waals surface area contributed by atoms with Crippen LogP contribution < -0.4 is 10.6 Å². The Bertz CT molecular complexity index is 620. The van der Waals surface area contributed by atoms with Crippen molar-refractivity contribution in [3.63, 3.8) is 0 Å². The van der Waals surface area contributed by atoms with Crippen molar-refractivity contribution in [2.45, 2.75) is 32.9 Å². The number of carbonyl (C=O) groups excluding carboxylic acids is 2. The molecule has 6 nitrogen and oxygen atoms in total. The van der Waals surface area contributed by atoms with Crippen molar-refractivity contribution in [2.75, 3.05) is 5.32 Å². The molecule has 0 fully saturated rings. The fourth-order valence-corrected chi connectivity index (χ4v) is 2.18. The van der Waals surface area contributed by atoms with E-state index in [1.165, 1.54) is 6.92 Å². The third-order valence-electron chi connectivity index (χ3n) is 3.09. The molecule has 0 spiro atoms. The highest BCUT2D eigenvalue weighted by Crippen LogP contribution is 2.10. The number of benzene rings is 1. The smallest absolute Gasteiger partial charge is 0.224 e. The Kier molecular flexibility index (Phi) is 5.30. The maximum absolute atomic E-state index is 12.0. The highest BCUT2D eigenvalue weighted by molar-refractivity contribution is 5.88. The summed E-state index contributed by atoms with van der Waals surface area (Å²) in [6.45, 7) is 4.11. The first-order valence-corrected chi connectivity index (χ1v) is 7.14. The third kappa shape index (κ3) is 5.05. The van der Waals surface area contributed by atoms with Gasteiger partial charge in [0.05, 0.1) is 12.7 Å². The van der Waals surface area contributed by atoms with Gasteiger partial charge in [-0.15, -0.1) is 0 Å². The second-order valence-corrected chi connectivity index (χ2v) is 5.28. The second-order valence-electron chi connectivity index (χ2n) is 5.28. The molecule has 6 heteroatoms. The molecule has 0 saturated carbocycles. The van der Waals surface area contributed by atoms with Crippen molar-refractivity contribution in [3.8, 4) is 0 Å². The van der Waals surface area contributed by atoms with Crippen LogP contribution in [-0.2, 0) is 22.6 Å². The lowest BCUT2D eigenvalue weighted by atomic mass is 10.1. The lowest BCUT2D eigenvalue weighted by Crippen LogP contribution is -2.36. The lowest BCUT2D eigenvalue weighted by molar-refractivity contribution is -0.121. The zero-order chi connectivity index (χ0) is 15.9. The van der Waals surface area contributed by atoms with E-state index >= 15 is 0 Å². The van der Waals surface area contributed by atoms with E-state index < -0.39 is 0 Å². The topological polar surface area (TPSA) is 76.0 Å². The molecule has 1 heterocycles. The van der Waals surface area contributed by atoms with Gasteiger partial charge in [-0.1, -0.05) is 12.1 Å². The van der Waals surface area contributed by atoms with E-state index in [1.807, 2.05) is 29.8 Å². The summed E-state index contributed by atoms with van der Waals surface area (Å²) in [6.07, 6.45) is 5.62. The maximum atomic E-state index is 12.0.